The van der Waals surface area contributed by atoms with Crippen LogP contribution in [0.4, 0.5) is 5.13 Å². The Morgan fingerprint density at radius 2 is 1.68 bits per heavy atom. The average Bonchev–Trinajstić information content (AvgIpc) is 2.99. The first kappa shape index (κ1) is 16.3. The molecule has 3 heterocycles. The summed E-state index contributed by atoms with van der Waals surface area (Å²) < 4.78 is 13.6. The van der Waals surface area contributed by atoms with Crippen LogP contribution in [0.25, 0.3) is 0 Å². The van der Waals surface area contributed by atoms with Crippen molar-refractivity contribution < 1.29 is 9.31 Å². The van der Waals surface area contributed by atoms with Crippen LogP contribution in [0.15, 0.2) is 0 Å². The van der Waals surface area contributed by atoms with Crippen LogP contribution in [0.2, 0.25) is 0 Å². The second-order valence-corrected chi connectivity index (χ2v) is 8.31. The van der Waals surface area contributed by atoms with Gasteiger partial charge in [-0.05, 0) is 53.4 Å². The number of anilines is 1. The summed E-state index contributed by atoms with van der Waals surface area (Å²) in [5.74, 6) is 0. The van der Waals surface area contributed by atoms with Crippen molar-refractivity contribution in [3.8, 4) is 0 Å². The smallest absolute Gasteiger partial charge is 0.399 e. The Balaban J connectivity index is 1.86. The van der Waals surface area contributed by atoms with Gasteiger partial charge in [0.05, 0.1) is 21.7 Å². The van der Waals surface area contributed by atoms with Gasteiger partial charge in [0.2, 0.25) is 0 Å². The molecule has 4 nitrogen and oxygen atoms in total. The molecule has 1 aromatic heterocycles. The molecule has 122 valence electrons. The monoisotopic (exact) mass is 322 g/mol. The van der Waals surface area contributed by atoms with E-state index in [1.165, 1.54) is 19.3 Å². The van der Waals surface area contributed by atoms with E-state index in [9.17, 15) is 0 Å². The molecule has 0 saturated carbocycles. The fourth-order valence-electron chi connectivity index (χ4n) is 2.96. The van der Waals surface area contributed by atoms with Crippen LogP contribution in [-0.2, 0) is 15.7 Å². The summed E-state index contributed by atoms with van der Waals surface area (Å²) >= 11 is 1.75. The maximum Gasteiger partial charge on any atom is 0.507 e. The Morgan fingerprint density at radius 3 is 2.23 bits per heavy atom. The van der Waals surface area contributed by atoms with Crippen molar-refractivity contribution in [1.29, 1.82) is 0 Å². The van der Waals surface area contributed by atoms with E-state index in [0.717, 1.165) is 35.1 Å². The van der Waals surface area contributed by atoms with Crippen molar-refractivity contribution in [3.63, 3.8) is 0 Å². The van der Waals surface area contributed by atoms with Crippen LogP contribution in [0.1, 0.15) is 59.6 Å². The normalized spacial score (nSPS) is 24.0. The molecule has 2 aliphatic heterocycles. The third-order valence-electron chi connectivity index (χ3n) is 5.15. The number of hydrogen-bond acceptors (Lipinski definition) is 5. The van der Waals surface area contributed by atoms with E-state index in [1.54, 1.807) is 11.3 Å². The van der Waals surface area contributed by atoms with Crippen LogP contribution < -0.4 is 9.68 Å². The Labute approximate surface area is 138 Å². The Kier molecular flexibility index (Phi) is 4.29. The van der Waals surface area contributed by atoms with Gasteiger partial charge in [-0.15, -0.1) is 11.3 Å². The summed E-state index contributed by atoms with van der Waals surface area (Å²) in [6.45, 7) is 12.8. The van der Waals surface area contributed by atoms with Crippen LogP contribution >= 0.6 is 11.3 Å². The van der Waals surface area contributed by atoms with Gasteiger partial charge in [0.1, 0.15) is 0 Å². The zero-order chi connectivity index (χ0) is 16.0. The molecule has 0 unspecified atom stereocenters. The summed E-state index contributed by atoms with van der Waals surface area (Å²) in [6.07, 6.45) is 4.80. The fraction of sp³-hybridized carbons (Fsp3) is 0.812. The van der Waals surface area contributed by atoms with Crippen molar-refractivity contribution >= 4 is 28.4 Å². The molecule has 0 atom stereocenters. The summed E-state index contributed by atoms with van der Waals surface area (Å²) in [5, 5.41) is 1.14. The van der Waals surface area contributed by atoms with E-state index >= 15 is 0 Å². The van der Waals surface area contributed by atoms with Gasteiger partial charge in [0.15, 0.2) is 5.13 Å². The molecule has 1 aromatic rings. The number of piperidine rings is 1. The maximum atomic E-state index is 6.22. The standard InChI is InChI=1S/C16H27BN2O2S/c1-6-12-13(17-20-15(2,3)16(4,5)21-17)22-14(18-12)19-10-8-7-9-11-19/h6-11H2,1-5H3. The third kappa shape index (κ3) is 2.81. The van der Waals surface area contributed by atoms with Crippen LogP contribution in [0.3, 0.4) is 0 Å². The summed E-state index contributed by atoms with van der Waals surface area (Å²) in [4.78, 5) is 7.30. The van der Waals surface area contributed by atoms with Gasteiger partial charge in [-0.2, -0.15) is 0 Å². The third-order valence-corrected chi connectivity index (χ3v) is 6.33. The quantitative estimate of drug-likeness (QED) is 0.801. The lowest BCUT2D eigenvalue weighted by Gasteiger charge is -2.32. The molecule has 0 aromatic carbocycles. The molecule has 0 amide bonds. The van der Waals surface area contributed by atoms with E-state index in [2.05, 4.69) is 39.5 Å². The van der Waals surface area contributed by atoms with E-state index < -0.39 is 0 Å². The first-order valence-corrected chi connectivity index (χ1v) is 9.26. The molecule has 2 saturated heterocycles. The Morgan fingerprint density at radius 1 is 1.09 bits per heavy atom. The first-order valence-electron chi connectivity index (χ1n) is 8.44. The predicted molar refractivity (Wildman–Crippen MR) is 93.3 cm³/mol. The van der Waals surface area contributed by atoms with E-state index in [1.807, 2.05) is 0 Å². The van der Waals surface area contributed by atoms with Gasteiger partial charge in [-0.1, -0.05) is 6.92 Å². The van der Waals surface area contributed by atoms with Gasteiger partial charge >= 0.3 is 7.12 Å². The minimum atomic E-state index is -0.294. The van der Waals surface area contributed by atoms with Gasteiger partial charge in [0.25, 0.3) is 0 Å². The minimum Gasteiger partial charge on any atom is -0.399 e. The highest BCUT2D eigenvalue weighted by Gasteiger charge is 2.53. The lowest BCUT2D eigenvalue weighted by Crippen LogP contribution is -2.41. The van der Waals surface area contributed by atoms with E-state index in [0.29, 0.717) is 0 Å². The van der Waals surface area contributed by atoms with Gasteiger partial charge in [-0.25, -0.2) is 4.98 Å². The van der Waals surface area contributed by atoms with Crippen LogP contribution in [-0.4, -0.2) is 36.4 Å². The minimum absolute atomic E-state index is 0.281. The van der Waals surface area contributed by atoms with Crippen molar-refractivity contribution in [2.24, 2.45) is 0 Å². The SMILES string of the molecule is CCc1nc(N2CCCCC2)sc1B1OC(C)(C)C(C)(C)O1. The van der Waals surface area contributed by atoms with Crippen molar-refractivity contribution in [3.05, 3.63) is 5.69 Å². The van der Waals surface area contributed by atoms with Gasteiger partial charge in [0, 0.05) is 13.1 Å². The number of nitrogens with zero attached hydrogens (tertiary/aromatic N) is 2. The highest BCUT2D eigenvalue weighted by Crippen LogP contribution is 2.37. The Hall–Kier alpha value is -0.585. The fourth-order valence-corrected chi connectivity index (χ4v) is 4.12. The molecule has 0 spiro atoms. The largest absolute Gasteiger partial charge is 0.507 e. The van der Waals surface area contributed by atoms with Crippen LogP contribution in [0.5, 0.6) is 0 Å². The molecule has 3 rings (SSSR count). The molecule has 2 aliphatic rings. The number of rotatable bonds is 3. The van der Waals surface area contributed by atoms with Gasteiger partial charge < -0.3 is 14.2 Å². The molecule has 0 N–H and O–H groups in total. The second kappa shape index (κ2) is 5.80. The average molecular weight is 322 g/mol. The predicted octanol–water partition coefficient (Wildman–Crippen LogP) is 3.00. The van der Waals surface area contributed by atoms with E-state index in [-0.39, 0.29) is 18.3 Å². The molecule has 6 heteroatoms. The first-order chi connectivity index (χ1) is 10.3. The Bertz CT molecular complexity index is 522. The highest BCUT2D eigenvalue weighted by molar-refractivity contribution is 7.25. The molecule has 22 heavy (non-hydrogen) atoms. The van der Waals surface area contributed by atoms with Crippen molar-refractivity contribution in [2.45, 2.75) is 71.5 Å². The van der Waals surface area contributed by atoms with Gasteiger partial charge in [-0.3, -0.25) is 0 Å². The number of aryl methyl sites for hydroxylation is 1. The molecule has 0 bridgehead atoms. The lowest BCUT2D eigenvalue weighted by molar-refractivity contribution is 0.00578. The summed E-state index contributed by atoms with van der Waals surface area (Å²) in [6, 6.07) is 0. The molecule has 0 radical (unpaired) electrons. The number of thiazole rings is 1. The van der Waals surface area contributed by atoms with Crippen molar-refractivity contribution in [1.82, 2.24) is 4.98 Å². The summed E-state index contributed by atoms with van der Waals surface area (Å²) in [5.41, 5.74) is 0.541. The molecule has 2 fully saturated rings. The van der Waals surface area contributed by atoms with Crippen LogP contribution in [0, 0.1) is 0 Å². The summed E-state index contributed by atoms with van der Waals surface area (Å²) in [7, 11) is -0.281. The number of aromatic nitrogens is 1. The molecular weight excluding hydrogens is 295 g/mol. The highest BCUT2D eigenvalue weighted by atomic mass is 32.1. The second-order valence-electron chi connectivity index (χ2n) is 7.30. The zero-order valence-electron chi connectivity index (χ0n) is 14.4. The lowest BCUT2D eigenvalue weighted by atomic mass is 9.86. The molecular formula is C16H27BN2O2S. The van der Waals surface area contributed by atoms with E-state index in [4.69, 9.17) is 14.3 Å². The maximum absolute atomic E-state index is 6.22. The number of hydrogen-bond donors (Lipinski definition) is 0. The zero-order valence-corrected chi connectivity index (χ0v) is 15.3. The topological polar surface area (TPSA) is 34.6 Å². The van der Waals surface area contributed by atoms with Crippen molar-refractivity contribution in [2.75, 3.05) is 18.0 Å². The molecule has 0 aliphatic carbocycles.